The molecule has 11 unspecified atom stereocenters. The van der Waals surface area contributed by atoms with Crippen LogP contribution in [0.5, 0.6) is 0 Å². The quantitative estimate of drug-likeness (QED) is 0.103. The van der Waals surface area contributed by atoms with Crippen LogP contribution in [0.3, 0.4) is 0 Å². The molecule has 19 nitrogen and oxygen atoms in total. The minimum absolute atomic E-state index is 0.0912. The van der Waals surface area contributed by atoms with Crippen molar-refractivity contribution in [1.29, 1.82) is 0 Å². The summed E-state index contributed by atoms with van der Waals surface area (Å²) in [6, 6.07) is 0. The zero-order valence-corrected chi connectivity index (χ0v) is 29.4. The smallest absolute Gasteiger partial charge is 0.309 e. The van der Waals surface area contributed by atoms with Gasteiger partial charge in [-0.2, -0.15) is 0 Å². The fraction of sp³-hybridized carbons (Fsp3) is 0.971. The molecule has 0 radical (unpaired) electrons. The van der Waals surface area contributed by atoms with E-state index in [1.165, 1.54) is 6.92 Å². The van der Waals surface area contributed by atoms with E-state index in [4.69, 9.17) is 28.4 Å². The lowest BCUT2D eigenvalue weighted by molar-refractivity contribution is -0.347. The Morgan fingerprint density at radius 3 is 2.00 bits per heavy atom. The van der Waals surface area contributed by atoms with Gasteiger partial charge in [0.2, 0.25) is 0 Å². The topological polar surface area (TPSA) is 315 Å². The van der Waals surface area contributed by atoms with Crippen LogP contribution in [0.1, 0.15) is 58.3 Å². The Balaban J connectivity index is 1.25. The van der Waals surface area contributed by atoms with Gasteiger partial charge < -0.3 is 89.7 Å². The Bertz CT molecular complexity index is 1200. The van der Waals surface area contributed by atoms with Gasteiger partial charge in [-0.15, -0.1) is 0 Å². The van der Waals surface area contributed by atoms with Crippen molar-refractivity contribution in [2.45, 2.75) is 181 Å². The first kappa shape index (κ1) is 41.4. The normalized spacial score (nSPS) is 53.8. The first-order valence-electron chi connectivity index (χ1n) is 18.6. The Morgan fingerprint density at radius 1 is 0.623 bits per heavy atom. The number of carbonyl (C=O) groups is 1. The van der Waals surface area contributed by atoms with E-state index in [0.29, 0.717) is 6.42 Å². The molecule has 3 heterocycles. The van der Waals surface area contributed by atoms with E-state index in [0.717, 1.165) is 0 Å². The Kier molecular flexibility index (Phi) is 13.4. The van der Waals surface area contributed by atoms with E-state index in [9.17, 15) is 66.1 Å². The molecule has 12 N–H and O–H groups in total. The Morgan fingerprint density at radius 2 is 1.32 bits per heavy atom. The summed E-state index contributed by atoms with van der Waals surface area (Å²) < 4.78 is 35.9. The molecular weight excluding hydrogens is 712 g/mol. The van der Waals surface area contributed by atoms with Crippen molar-refractivity contribution in [2.24, 2.45) is 17.8 Å². The van der Waals surface area contributed by atoms with Crippen LogP contribution in [-0.2, 0) is 33.2 Å². The summed E-state index contributed by atoms with van der Waals surface area (Å²) in [6.07, 6.45) is -25.3. The maximum atomic E-state index is 13.5. The minimum Gasteiger partial charge on any atom is -0.454 e. The monoisotopic (exact) mass is 768 g/mol. The molecule has 53 heavy (non-hydrogen) atoms. The number of carbonyl (C=O) groups excluding carboxylic acids is 1. The van der Waals surface area contributed by atoms with E-state index in [1.54, 1.807) is 0 Å². The maximum absolute atomic E-state index is 13.5. The van der Waals surface area contributed by atoms with Gasteiger partial charge in [-0.1, -0.05) is 0 Å². The fourth-order valence-electron chi connectivity index (χ4n) is 8.83. The van der Waals surface area contributed by atoms with Gasteiger partial charge in [0.05, 0.1) is 73.6 Å². The Labute approximate surface area is 305 Å². The molecule has 3 aliphatic carbocycles. The van der Waals surface area contributed by atoms with Gasteiger partial charge >= 0.3 is 5.97 Å². The summed E-state index contributed by atoms with van der Waals surface area (Å²) in [5, 5.41) is 126. The summed E-state index contributed by atoms with van der Waals surface area (Å²) in [4.78, 5) is 13.5. The minimum atomic E-state index is -1.89. The molecule has 3 aliphatic heterocycles. The second-order valence-electron chi connectivity index (χ2n) is 15.8. The number of aliphatic hydroxyl groups is 12. The van der Waals surface area contributed by atoms with Crippen LogP contribution in [-0.4, -0.2) is 196 Å². The van der Waals surface area contributed by atoms with E-state index >= 15 is 0 Å². The SMILES string of the molecule is C[C@@H]1O[C@@H](OC[C@H]2O[C@@H](OC3CC4C(O)CC(O)CC4OC3C3CCC(O)C(O)C3)[C@H](OC(=O)C3CC(O)C(O)C(O)C3)[C@@H](O)[C@H]2O)[C@H](O)[C@H](O)[C@H]1O. The summed E-state index contributed by atoms with van der Waals surface area (Å²) in [7, 11) is 0. The number of hydrogen-bond donors (Lipinski definition) is 12. The van der Waals surface area contributed by atoms with E-state index in [2.05, 4.69) is 0 Å². The largest absolute Gasteiger partial charge is 0.454 e. The fourth-order valence-corrected chi connectivity index (χ4v) is 8.83. The van der Waals surface area contributed by atoms with Crippen molar-refractivity contribution in [3.8, 4) is 0 Å². The van der Waals surface area contributed by atoms with Crippen LogP contribution in [0.2, 0.25) is 0 Å². The van der Waals surface area contributed by atoms with Gasteiger partial charge in [0.25, 0.3) is 0 Å². The highest BCUT2D eigenvalue weighted by atomic mass is 16.7. The molecule has 6 fully saturated rings. The molecule has 0 aromatic heterocycles. The zero-order chi connectivity index (χ0) is 38.5. The summed E-state index contributed by atoms with van der Waals surface area (Å²) >= 11 is 0. The highest BCUT2D eigenvalue weighted by Crippen LogP contribution is 2.44. The number of ether oxygens (including phenoxy) is 6. The van der Waals surface area contributed by atoms with Crippen LogP contribution in [0.15, 0.2) is 0 Å². The van der Waals surface area contributed by atoms with Gasteiger partial charge in [0.15, 0.2) is 18.7 Å². The number of hydrogen-bond acceptors (Lipinski definition) is 19. The molecule has 19 heteroatoms. The predicted molar refractivity (Wildman–Crippen MR) is 172 cm³/mol. The van der Waals surface area contributed by atoms with Crippen molar-refractivity contribution in [3.05, 3.63) is 0 Å². The number of rotatable bonds is 8. The summed E-state index contributed by atoms with van der Waals surface area (Å²) in [5.74, 6) is -2.99. The zero-order valence-electron chi connectivity index (χ0n) is 29.4. The second-order valence-corrected chi connectivity index (χ2v) is 15.8. The van der Waals surface area contributed by atoms with Crippen LogP contribution in [0.25, 0.3) is 0 Å². The second kappa shape index (κ2) is 17.1. The third-order valence-electron chi connectivity index (χ3n) is 12.1. The number of esters is 1. The van der Waals surface area contributed by atoms with Crippen molar-refractivity contribution in [3.63, 3.8) is 0 Å². The van der Waals surface area contributed by atoms with Gasteiger partial charge in [-0.3, -0.25) is 4.79 Å². The molecule has 21 atom stereocenters. The lowest BCUT2D eigenvalue weighted by atomic mass is 9.72. The average Bonchev–Trinajstić information content (AvgIpc) is 3.11. The number of fused-ring (bicyclic) bond motifs is 1. The molecule has 0 amide bonds. The molecule has 3 saturated carbocycles. The number of aliphatic hydroxyl groups excluding tert-OH is 12. The van der Waals surface area contributed by atoms with Gasteiger partial charge in [-0.25, -0.2) is 0 Å². The summed E-state index contributed by atoms with van der Waals surface area (Å²) in [6.45, 7) is 0.885. The van der Waals surface area contributed by atoms with Gasteiger partial charge in [0.1, 0.15) is 42.7 Å². The Hall–Kier alpha value is -1.21. The highest BCUT2D eigenvalue weighted by molar-refractivity contribution is 5.73. The summed E-state index contributed by atoms with van der Waals surface area (Å²) in [5.41, 5.74) is 0. The van der Waals surface area contributed by atoms with E-state index < -0.39 is 147 Å². The molecule has 0 aromatic carbocycles. The predicted octanol–water partition coefficient (Wildman–Crippen LogP) is -5.12. The van der Waals surface area contributed by atoms with Crippen molar-refractivity contribution in [2.75, 3.05) is 6.61 Å². The van der Waals surface area contributed by atoms with Gasteiger partial charge in [-0.05, 0) is 64.2 Å². The first-order valence-corrected chi connectivity index (χ1v) is 18.6. The van der Waals surface area contributed by atoms with Crippen LogP contribution >= 0.6 is 0 Å². The van der Waals surface area contributed by atoms with Crippen LogP contribution in [0, 0.1) is 17.8 Å². The molecule has 0 spiro atoms. The molecule has 3 saturated heterocycles. The lowest BCUT2D eigenvalue weighted by Gasteiger charge is -2.51. The van der Waals surface area contributed by atoms with Crippen molar-refractivity contribution >= 4 is 5.97 Å². The van der Waals surface area contributed by atoms with Crippen LogP contribution in [0.4, 0.5) is 0 Å². The molecule has 6 rings (SSSR count). The highest BCUT2D eigenvalue weighted by Gasteiger charge is 2.54. The lowest BCUT2D eigenvalue weighted by Crippen LogP contribution is -2.64. The van der Waals surface area contributed by atoms with Crippen molar-refractivity contribution in [1.82, 2.24) is 0 Å². The molecule has 306 valence electrons. The third-order valence-corrected chi connectivity index (χ3v) is 12.1. The molecule has 0 aromatic rings. The van der Waals surface area contributed by atoms with E-state index in [1.807, 2.05) is 0 Å². The van der Waals surface area contributed by atoms with Crippen LogP contribution < -0.4 is 0 Å². The van der Waals surface area contributed by atoms with Gasteiger partial charge in [0, 0.05) is 5.92 Å². The molecular formula is C34H56O19. The van der Waals surface area contributed by atoms with E-state index in [-0.39, 0.29) is 50.9 Å². The average molecular weight is 769 g/mol. The molecule has 6 aliphatic rings. The van der Waals surface area contributed by atoms with Crippen molar-refractivity contribution < 1.29 is 94.5 Å². The molecule has 0 bridgehead atoms. The maximum Gasteiger partial charge on any atom is 0.309 e. The first-order chi connectivity index (χ1) is 25.0. The standard InChI is InChI=1S/C34H56O19/c1-11-24(41)27(44)29(46)33(49-11)48-10-23-26(43)28(45)31(53-32(47)13-5-19(39)25(42)20(40)6-13)34(52-23)51-22-9-15-17(37)7-14(35)8-21(15)50-30(22)12-2-3-16(36)18(38)4-12/h11-31,33-46H,2-10H2,1H3/t11-,12?,13?,14?,15?,16?,17?,18?,19?,20?,21?,22?,23+,24-,25?,26-,27+,28-,29+,30?,31+,33+,34+/m0/s1. The third kappa shape index (κ3) is 8.86.